The minimum atomic E-state index is -0.309. The molecular weight excluding hydrogens is 265 g/mol. The van der Waals surface area contributed by atoms with Crippen molar-refractivity contribution in [3.8, 4) is 11.8 Å². The highest BCUT2D eigenvalue weighted by Crippen LogP contribution is 2.28. The second kappa shape index (κ2) is 5.64. The fourth-order valence-electron chi connectivity index (χ4n) is 2.26. The van der Waals surface area contributed by atoms with Crippen LogP contribution in [0.25, 0.3) is 10.8 Å². The van der Waals surface area contributed by atoms with Crippen LogP contribution in [0.2, 0.25) is 0 Å². The second-order valence-corrected chi connectivity index (χ2v) is 4.65. The summed E-state index contributed by atoms with van der Waals surface area (Å²) in [6, 6.07) is 19.9. The molecule has 0 atom stereocenters. The van der Waals surface area contributed by atoms with Gasteiger partial charge in [-0.05, 0) is 17.5 Å². The Morgan fingerprint density at radius 3 is 2.52 bits per heavy atom. The van der Waals surface area contributed by atoms with Gasteiger partial charge >= 0.3 is 0 Å². The van der Waals surface area contributed by atoms with Gasteiger partial charge in [-0.1, -0.05) is 48.5 Å². The molecule has 0 spiro atoms. The summed E-state index contributed by atoms with van der Waals surface area (Å²) in [5.41, 5.74) is 0.944. The zero-order valence-electron chi connectivity index (χ0n) is 11.2. The number of hydrogen-bond acceptors (Lipinski definition) is 2. The molecule has 0 aliphatic carbocycles. The Morgan fingerprint density at radius 1 is 0.952 bits per heavy atom. The van der Waals surface area contributed by atoms with Crippen LogP contribution in [0.5, 0.6) is 5.75 Å². The van der Waals surface area contributed by atoms with Gasteiger partial charge in [-0.25, -0.2) is 4.39 Å². The second-order valence-electron chi connectivity index (χ2n) is 4.65. The molecule has 0 saturated heterocycles. The first-order valence-electron chi connectivity index (χ1n) is 6.57. The molecule has 0 fully saturated rings. The lowest BCUT2D eigenvalue weighted by Gasteiger charge is -2.10. The largest absolute Gasteiger partial charge is 0.487 e. The smallest absolute Gasteiger partial charge is 0.138 e. The molecule has 0 bridgehead atoms. The van der Waals surface area contributed by atoms with Crippen LogP contribution < -0.4 is 4.74 Å². The quantitative estimate of drug-likeness (QED) is 0.709. The molecule has 0 aromatic heterocycles. The van der Waals surface area contributed by atoms with Crippen molar-refractivity contribution in [3.05, 3.63) is 77.6 Å². The SMILES string of the molecule is N#Cc1c(OCc2ccccc2F)ccc2ccccc12. The number of benzene rings is 3. The molecule has 2 nitrogen and oxygen atoms in total. The van der Waals surface area contributed by atoms with Crippen molar-refractivity contribution < 1.29 is 9.13 Å². The third-order valence-corrected chi connectivity index (χ3v) is 3.34. The molecular formula is C18H12FNO. The number of ether oxygens (including phenoxy) is 1. The molecule has 0 saturated carbocycles. The fraction of sp³-hybridized carbons (Fsp3) is 0.0556. The third-order valence-electron chi connectivity index (χ3n) is 3.34. The van der Waals surface area contributed by atoms with Gasteiger partial charge in [0.05, 0.1) is 0 Å². The zero-order valence-corrected chi connectivity index (χ0v) is 11.2. The van der Waals surface area contributed by atoms with E-state index < -0.39 is 0 Å². The van der Waals surface area contributed by atoms with Gasteiger partial charge in [0, 0.05) is 10.9 Å². The van der Waals surface area contributed by atoms with E-state index in [1.807, 2.05) is 30.3 Å². The van der Waals surface area contributed by atoms with E-state index in [2.05, 4.69) is 6.07 Å². The summed E-state index contributed by atoms with van der Waals surface area (Å²) in [5, 5.41) is 11.2. The van der Waals surface area contributed by atoms with Crippen LogP contribution in [-0.2, 0) is 6.61 Å². The molecule has 0 amide bonds. The van der Waals surface area contributed by atoms with E-state index in [1.54, 1.807) is 24.3 Å². The van der Waals surface area contributed by atoms with E-state index in [4.69, 9.17) is 4.74 Å². The van der Waals surface area contributed by atoms with E-state index >= 15 is 0 Å². The van der Waals surface area contributed by atoms with E-state index in [0.29, 0.717) is 16.9 Å². The Hall–Kier alpha value is -2.86. The van der Waals surface area contributed by atoms with E-state index in [-0.39, 0.29) is 12.4 Å². The lowest BCUT2D eigenvalue weighted by Crippen LogP contribution is -2.00. The molecule has 3 aromatic rings. The molecule has 21 heavy (non-hydrogen) atoms. The fourth-order valence-corrected chi connectivity index (χ4v) is 2.26. The number of fused-ring (bicyclic) bond motifs is 1. The molecule has 0 radical (unpaired) electrons. The van der Waals surface area contributed by atoms with Crippen molar-refractivity contribution in [2.24, 2.45) is 0 Å². The molecule has 0 unspecified atom stereocenters. The molecule has 0 heterocycles. The molecule has 102 valence electrons. The maximum Gasteiger partial charge on any atom is 0.138 e. The predicted octanol–water partition coefficient (Wildman–Crippen LogP) is 4.43. The highest BCUT2D eigenvalue weighted by Gasteiger charge is 2.09. The molecule has 3 aromatic carbocycles. The summed E-state index contributed by atoms with van der Waals surface area (Å²) >= 11 is 0. The molecule has 3 heteroatoms. The molecule has 0 aliphatic rings. The summed E-state index contributed by atoms with van der Waals surface area (Å²) in [5.74, 6) is 0.163. The van der Waals surface area contributed by atoms with Gasteiger partial charge in [0.2, 0.25) is 0 Å². The van der Waals surface area contributed by atoms with Crippen LogP contribution in [0.15, 0.2) is 60.7 Å². The highest BCUT2D eigenvalue weighted by molar-refractivity contribution is 5.90. The average molecular weight is 277 g/mol. The number of nitriles is 1. The monoisotopic (exact) mass is 277 g/mol. The lowest BCUT2D eigenvalue weighted by molar-refractivity contribution is 0.299. The van der Waals surface area contributed by atoms with Crippen LogP contribution in [0.1, 0.15) is 11.1 Å². The predicted molar refractivity (Wildman–Crippen MR) is 79.4 cm³/mol. The van der Waals surface area contributed by atoms with Crippen LogP contribution in [-0.4, -0.2) is 0 Å². The Morgan fingerprint density at radius 2 is 1.71 bits per heavy atom. The van der Waals surface area contributed by atoms with Crippen molar-refractivity contribution in [2.45, 2.75) is 6.61 Å². The van der Waals surface area contributed by atoms with Crippen molar-refractivity contribution >= 4 is 10.8 Å². The van der Waals surface area contributed by atoms with Crippen LogP contribution >= 0.6 is 0 Å². The minimum absolute atomic E-state index is 0.0969. The molecule has 3 rings (SSSR count). The van der Waals surface area contributed by atoms with Gasteiger partial charge in [-0.2, -0.15) is 5.26 Å². The van der Waals surface area contributed by atoms with Gasteiger partial charge in [0.15, 0.2) is 0 Å². The number of nitrogens with zero attached hydrogens (tertiary/aromatic N) is 1. The third kappa shape index (κ3) is 2.56. The maximum atomic E-state index is 13.6. The van der Waals surface area contributed by atoms with E-state index in [0.717, 1.165) is 10.8 Å². The van der Waals surface area contributed by atoms with Crippen LogP contribution in [0, 0.1) is 17.1 Å². The van der Waals surface area contributed by atoms with E-state index in [1.165, 1.54) is 6.07 Å². The summed E-state index contributed by atoms with van der Waals surface area (Å²) < 4.78 is 19.2. The lowest BCUT2D eigenvalue weighted by atomic mass is 10.0. The maximum absolute atomic E-state index is 13.6. The summed E-state index contributed by atoms with van der Waals surface area (Å²) in [6.45, 7) is 0.0969. The first kappa shape index (κ1) is 13.1. The highest BCUT2D eigenvalue weighted by atomic mass is 19.1. The Bertz CT molecular complexity index is 836. The van der Waals surface area contributed by atoms with Gasteiger partial charge in [-0.3, -0.25) is 0 Å². The minimum Gasteiger partial charge on any atom is -0.487 e. The molecule has 0 aliphatic heterocycles. The normalized spacial score (nSPS) is 10.3. The summed E-state index contributed by atoms with van der Waals surface area (Å²) in [6.07, 6.45) is 0. The van der Waals surface area contributed by atoms with Crippen molar-refractivity contribution in [1.82, 2.24) is 0 Å². The van der Waals surface area contributed by atoms with Crippen molar-refractivity contribution in [3.63, 3.8) is 0 Å². The summed E-state index contributed by atoms with van der Waals surface area (Å²) in [4.78, 5) is 0. The number of rotatable bonds is 3. The Labute approximate surface area is 122 Å². The average Bonchev–Trinajstić information content (AvgIpc) is 2.53. The zero-order chi connectivity index (χ0) is 14.7. The number of halogens is 1. The van der Waals surface area contributed by atoms with Crippen LogP contribution in [0.4, 0.5) is 4.39 Å². The van der Waals surface area contributed by atoms with Gasteiger partial charge < -0.3 is 4.74 Å². The van der Waals surface area contributed by atoms with Crippen molar-refractivity contribution in [1.29, 1.82) is 5.26 Å². The first-order valence-corrected chi connectivity index (χ1v) is 6.57. The number of hydrogen-bond donors (Lipinski definition) is 0. The van der Waals surface area contributed by atoms with Crippen LogP contribution in [0.3, 0.4) is 0 Å². The van der Waals surface area contributed by atoms with E-state index in [9.17, 15) is 9.65 Å². The Balaban J connectivity index is 1.95. The van der Waals surface area contributed by atoms with Gasteiger partial charge in [0.1, 0.15) is 29.8 Å². The summed E-state index contributed by atoms with van der Waals surface area (Å²) in [7, 11) is 0. The Kier molecular flexibility index (Phi) is 3.53. The van der Waals surface area contributed by atoms with Gasteiger partial charge in [-0.15, -0.1) is 0 Å². The first-order chi connectivity index (χ1) is 10.3. The molecule has 0 N–H and O–H groups in total. The van der Waals surface area contributed by atoms with Gasteiger partial charge in [0.25, 0.3) is 0 Å². The standard InChI is InChI=1S/C18H12FNO/c19-17-8-4-2-6-14(17)12-21-18-10-9-13-5-1-3-7-15(13)16(18)11-20/h1-10H,12H2. The van der Waals surface area contributed by atoms with Crippen molar-refractivity contribution in [2.75, 3.05) is 0 Å². The topological polar surface area (TPSA) is 33.0 Å².